The van der Waals surface area contributed by atoms with Gasteiger partial charge in [-0.05, 0) is 30.5 Å². The Kier molecular flexibility index (Phi) is 4.78. The first-order valence-electron chi connectivity index (χ1n) is 7.32. The van der Waals surface area contributed by atoms with Gasteiger partial charge in [0.2, 0.25) is 0 Å². The first-order valence-corrected chi connectivity index (χ1v) is 9.68. The Morgan fingerprint density at radius 2 is 1.67 bits per heavy atom. The molecule has 0 saturated heterocycles. The normalized spacial score (nSPS) is 12.1. The van der Waals surface area contributed by atoms with Gasteiger partial charge in [-0.15, -0.1) is 11.3 Å². The minimum absolute atomic E-state index is 0.190. The highest BCUT2D eigenvalue weighted by atomic mass is 32.2. The maximum absolute atomic E-state index is 12.4. The largest absolute Gasteiger partial charge is 0.276 e. The zero-order valence-corrected chi connectivity index (χ0v) is 14.6. The van der Waals surface area contributed by atoms with Crippen LogP contribution in [0.25, 0.3) is 0 Å². The Balaban J connectivity index is 1.95. The lowest BCUT2D eigenvalue weighted by molar-refractivity contribution is 0.584. The third-order valence-corrected chi connectivity index (χ3v) is 5.51. The molecule has 6 heteroatoms. The van der Waals surface area contributed by atoms with Crippen molar-refractivity contribution >= 4 is 27.1 Å². The van der Waals surface area contributed by atoms with Crippen molar-refractivity contribution in [3.05, 3.63) is 88.1 Å². The van der Waals surface area contributed by atoms with E-state index in [-0.39, 0.29) is 4.90 Å². The van der Waals surface area contributed by atoms with Crippen molar-refractivity contribution in [3.63, 3.8) is 0 Å². The number of hydrogen-bond donors (Lipinski definition) is 1. The van der Waals surface area contributed by atoms with Crippen LogP contribution in [0.3, 0.4) is 0 Å². The van der Waals surface area contributed by atoms with Gasteiger partial charge in [0, 0.05) is 5.56 Å². The third kappa shape index (κ3) is 3.72. The number of rotatable bonds is 5. The number of thiophene rings is 1. The van der Waals surface area contributed by atoms with Crippen LogP contribution in [0.5, 0.6) is 0 Å². The predicted octanol–water partition coefficient (Wildman–Crippen LogP) is 3.79. The molecule has 1 heterocycles. The van der Waals surface area contributed by atoms with E-state index in [9.17, 15) is 8.42 Å². The van der Waals surface area contributed by atoms with Gasteiger partial charge in [-0.2, -0.15) is 18.4 Å². The molecule has 0 aliphatic rings. The third-order valence-electron chi connectivity index (χ3n) is 3.41. The van der Waals surface area contributed by atoms with Crippen molar-refractivity contribution in [1.82, 2.24) is 4.83 Å². The van der Waals surface area contributed by atoms with Crippen molar-refractivity contribution in [2.45, 2.75) is 11.8 Å². The van der Waals surface area contributed by atoms with Crippen molar-refractivity contribution in [2.75, 3.05) is 0 Å². The van der Waals surface area contributed by atoms with Gasteiger partial charge in [-0.1, -0.05) is 54.1 Å². The van der Waals surface area contributed by atoms with Crippen molar-refractivity contribution in [3.8, 4) is 0 Å². The van der Waals surface area contributed by atoms with Gasteiger partial charge in [-0.25, -0.2) is 0 Å². The van der Waals surface area contributed by atoms with E-state index >= 15 is 0 Å². The molecule has 0 aliphatic carbocycles. The second kappa shape index (κ2) is 6.98. The summed E-state index contributed by atoms with van der Waals surface area (Å²) in [6, 6.07) is 20.0. The van der Waals surface area contributed by atoms with E-state index in [4.69, 9.17) is 0 Å². The molecule has 0 unspecified atom stereocenters. The predicted molar refractivity (Wildman–Crippen MR) is 97.9 cm³/mol. The second-order valence-corrected chi connectivity index (χ2v) is 7.82. The Hall–Kier alpha value is -2.44. The van der Waals surface area contributed by atoms with E-state index in [2.05, 4.69) is 9.93 Å². The van der Waals surface area contributed by atoms with Gasteiger partial charge in [0.05, 0.1) is 9.77 Å². The summed E-state index contributed by atoms with van der Waals surface area (Å²) in [4.78, 5) is 3.43. The minimum Gasteiger partial charge on any atom is -0.200 e. The van der Waals surface area contributed by atoms with Crippen molar-refractivity contribution < 1.29 is 8.42 Å². The maximum Gasteiger partial charge on any atom is 0.276 e. The van der Waals surface area contributed by atoms with E-state index in [0.29, 0.717) is 5.71 Å². The minimum atomic E-state index is -3.70. The zero-order valence-electron chi connectivity index (χ0n) is 13.0. The SMILES string of the molecule is Cc1ccc(S(=O)(=O)N/N=C(\c2ccccc2)c2cccs2)cc1. The zero-order chi connectivity index (χ0) is 17.0. The van der Waals surface area contributed by atoms with Crippen LogP contribution in [0, 0.1) is 6.92 Å². The lowest BCUT2D eigenvalue weighted by Crippen LogP contribution is -2.20. The molecule has 1 aromatic heterocycles. The number of hydrogen-bond acceptors (Lipinski definition) is 4. The summed E-state index contributed by atoms with van der Waals surface area (Å²) in [5, 5.41) is 6.13. The Morgan fingerprint density at radius 1 is 0.958 bits per heavy atom. The summed E-state index contributed by atoms with van der Waals surface area (Å²) in [6.07, 6.45) is 0. The highest BCUT2D eigenvalue weighted by Gasteiger charge is 2.14. The second-order valence-electron chi connectivity index (χ2n) is 5.21. The fraction of sp³-hybridized carbons (Fsp3) is 0.0556. The first kappa shape index (κ1) is 16.4. The molecule has 3 rings (SSSR count). The van der Waals surface area contributed by atoms with Crippen LogP contribution in [0.1, 0.15) is 16.0 Å². The Bertz CT molecular complexity index is 930. The molecule has 0 bridgehead atoms. The first-order chi connectivity index (χ1) is 11.6. The quantitative estimate of drug-likeness (QED) is 0.558. The number of benzene rings is 2. The Labute approximate surface area is 145 Å². The summed E-state index contributed by atoms with van der Waals surface area (Å²) in [5.74, 6) is 0. The summed E-state index contributed by atoms with van der Waals surface area (Å²) in [5.41, 5.74) is 2.45. The number of nitrogens with one attached hydrogen (secondary N) is 1. The van der Waals surface area contributed by atoms with Crippen LogP contribution < -0.4 is 4.83 Å². The molecule has 122 valence electrons. The topological polar surface area (TPSA) is 58.5 Å². The molecule has 0 fully saturated rings. The molecule has 0 saturated carbocycles. The molecule has 0 radical (unpaired) electrons. The van der Waals surface area contributed by atoms with Crippen LogP contribution in [0.15, 0.2) is 82.1 Å². The van der Waals surface area contributed by atoms with Gasteiger partial charge in [0.25, 0.3) is 10.0 Å². The fourth-order valence-corrected chi connectivity index (χ4v) is 3.69. The van der Waals surface area contributed by atoms with Crippen molar-refractivity contribution in [1.29, 1.82) is 0 Å². The van der Waals surface area contributed by atoms with E-state index < -0.39 is 10.0 Å². The smallest absolute Gasteiger partial charge is 0.200 e. The van der Waals surface area contributed by atoms with Gasteiger partial charge in [-0.3, -0.25) is 0 Å². The highest BCUT2D eigenvalue weighted by molar-refractivity contribution is 7.89. The monoisotopic (exact) mass is 356 g/mol. The van der Waals surface area contributed by atoms with Crippen molar-refractivity contribution in [2.24, 2.45) is 5.10 Å². The molecule has 1 N–H and O–H groups in total. The number of nitrogens with zero attached hydrogens (tertiary/aromatic N) is 1. The van der Waals surface area contributed by atoms with Gasteiger partial charge in [0.15, 0.2) is 0 Å². The van der Waals surface area contributed by atoms with Gasteiger partial charge in [0.1, 0.15) is 5.71 Å². The number of aryl methyl sites for hydroxylation is 1. The average Bonchev–Trinajstić information content (AvgIpc) is 3.11. The van der Waals surface area contributed by atoms with Gasteiger partial charge < -0.3 is 0 Å². The summed E-state index contributed by atoms with van der Waals surface area (Å²) in [7, 11) is -3.70. The molecule has 0 amide bonds. The Morgan fingerprint density at radius 3 is 2.29 bits per heavy atom. The van der Waals surface area contributed by atoms with Crippen LogP contribution in [-0.2, 0) is 10.0 Å². The summed E-state index contributed by atoms with van der Waals surface area (Å²) < 4.78 is 24.9. The molecule has 3 aromatic rings. The molecule has 24 heavy (non-hydrogen) atoms. The lowest BCUT2D eigenvalue weighted by Gasteiger charge is -2.08. The average molecular weight is 356 g/mol. The standard InChI is InChI=1S/C18H16N2O2S2/c1-14-9-11-16(12-10-14)24(21,22)20-19-18(17-8-5-13-23-17)15-6-3-2-4-7-15/h2-13,20H,1H3/b19-18+. The lowest BCUT2D eigenvalue weighted by atomic mass is 10.1. The molecule has 0 spiro atoms. The van der Waals surface area contributed by atoms with Gasteiger partial charge >= 0.3 is 0 Å². The highest BCUT2D eigenvalue weighted by Crippen LogP contribution is 2.17. The van der Waals surface area contributed by atoms with Crippen LogP contribution in [0.4, 0.5) is 0 Å². The van der Waals surface area contributed by atoms with E-state index in [1.165, 1.54) is 11.3 Å². The van der Waals surface area contributed by atoms with Crippen LogP contribution >= 0.6 is 11.3 Å². The molecule has 2 aromatic carbocycles. The maximum atomic E-state index is 12.4. The molecule has 0 atom stereocenters. The van der Waals surface area contributed by atoms with E-state index in [1.54, 1.807) is 24.3 Å². The molecule has 0 aliphatic heterocycles. The molecule has 4 nitrogen and oxygen atoms in total. The van der Waals surface area contributed by atoms with Crippen LogP contribution in [0.2, 0.25) is 0 Å². The number of hydrazone groups is 1. The fourth-order valence-electron chi connectivity index (χ4n) is 2.15. The molecular formula is C18H16N2O2S2. The van der Waals surface area contributed by atoms with E-state index in [1.807, 2.05) is 54.8 Å². The summed E-state index contributed by atoms with van der Waals surface area (Å²) >= 11 is 1.51. The molecular weight excluding hydrogens is 340 g/mol. The number of sulfonamides is 1. The van der Waals surface area contributed by atoms with Crippen LogP contribution in [-0.4, -0.2) is 14.1 Å². The van der Waals surface area contributed by atoms with E-state index in [0.717, 1.165) is 16.0 Å². The summed E-state index contributed by atoms with van der Waals surface area (Å²) in [6.45, 7) is 1.91.